The first-order valence-corrected chi connectivity index (χ1v) is 18.2. The van der Waals surface area contributed by atoms with Gasteiger partial charge in [-0.1, -0.05) is 34.1 Å². The fourth-order valence-corrected chi connectivity index (χ4v) is 6.28. The average Bonchev–Trinajstić information content (AvgIpc) is 3.80. The highest BCUT2D eigenvalue weighted by molar-refractivity contribution is 5.97. The van der Waals surface area contributed by atoms with E-state index < -0.39 is 103 Å². The van der Waals surface area contributed by atoms with Gasteiger partial charge in [0.2, 0.25) is 47.3 Å². The second-order valence-electron chi connectivity index (χ2n) is 14.2. The van der Waals surface area contributed by atoms with E-state index in [1.54, 1.807) is 6.92 Å². The van der Waals surface area contributed by atoms with Crippen molar-refractivity contribution in [3.63, 3.8) is 0 Å². The maximum atomic E-state index is 14.0. The van der Waals surface area contributed by atoms with Crippen LogP contribution in [0, 0.1) is 11.8 Å². The molecule has 0 saturated carbocycles. The minimum absolute atomic E-state index is 0.0354. The Kier molecular flexibility index (Phi) is 17.6. The number of hydrogen-bond donors (Lipinski definition) is 8. The second-order valence-corrected chi connectivity index (χ2v) is 14.2. The van der Waals surface area contributed by atoms with Crippen LogP contribution in [-0.4, -0.2) is 131 Å². The van der Waals surface area contributed by atoms with Gasteiger partial charge >= 0.3 is 5.97 Å². The number of nitrogens with zero attached hydrogens (tertiary/aromatic N) is 2. The summed E-state index contributed by atoms with van der Waals surface area (Å²) in [5.74, 6) is -6.41. The topological polar surface area (TPSA) is 293 Å². The van der Waals surface area contributed by atoms with Crippen molar-refractivity contribution < 1.29 is 48.3 Å². The number of aliphatic carboxylic acids is 1. The largest absolute Gasteiger partial charge is 0.480 e. The third-order valence-corrected chi connectivity index (χ3v) is 9.42. The standard InChI is InChI=1S/C34H57N9O10/c1-6-19(4)28(41-31(50)24-10-7-13-42(24)33(52)21(35)11-12-25(36)44)32(51)40-22(15-18(2)3)34(53)43-14-8-9-23(43)30(49)39-20(5)29(48)38-16-26(45)37-17-27(46)47/h18-24,28H,6-17,35H2,1-5H3,(H2,36,44)(H,37,45)(H,38,48)(H,39,49)(H,40,51)(H,41,50)(H,46,47). The minimum atomic E-state index is -1.25. The Hall–Kier alpha value is -4.81. The Balaban J connectivity index is 2.13. The number of rotatable bonds is 20. The Morgan fingerprint density at radius 1 is 0.774 bits per heavy atom. The molecule has 0 bridgehead atoms. The highest BCUT2D eigenvalue weighted by Gasteiger charge is 2.41. The quantitative estimate of drug-likeness (QED) is 0.0640. The molecule has 0 aromatic rings. The number of primary amides is 1. The van der Waals surface area contributed by atoms with E-state index in [1.165, 1.54) is 16.7 Å². The summed E-state index contributed by atoms with van der Waals surface area (Å²) in [5.41, 5.74) is 11.2. The number of hydrogen-bond acceptors (Lipinski definition) is 10. The Labute approximate surface area is 309 Å². The summed E-state index contributed by atoms with van der Waals surface area (Å²) in [6.07, 6.45) is 2.37. The lowest BCUT2D eigenvalue weighted by Gasteiger charge is -2.32. The molecule has 7 atom stereocenters. The Bertz CT molecular complexity index is 1380. The van der Waals surface area contributed by atoms with Gasteiger partial charge in [-0.25, -0.2) is 0 Å². The molecule has 2 fully saturated rings. The molecule has 10 N–H and O–H groups in total. The average molecular weight is 752 g/mol. The molecule has 2 aliphatic rings. The van der Waals surface area contributed by atoms with Crippen molar-refractivity contribution >= 4 is 53.2 Å². The molecule has 8 amide bonds. The SMILES string of the molecule is CCC(C)C(NC(=O)C1CCCN1C(=O)C(N)CCC(N)=O)C(=O)NC(CC(C)C)C(=O)N1CCCC1C(=O)NC(C)C(=O)NCC(=O)NCC(=O)O. The van der Waals surface area contributed by atoms with Crippen LogP contribution in [0.3, 0.4) is 0 Å². The summed E-state index contributed by atoms with van der Waals surface area (Å²) >= 11 is 0. The summed E-state index contributed by atoms with van der Waals surface area (Å²) in [4.78, 5) is 117. The number of carboxylic acid groups (broad SMARTS) is 1. The zero-order valence-corrected chi connectivity index (χ0v) is 31.3. The molecule has 2 rings (SSSR count). The van der Waals surface area contributed by atoms with Gasteiger partial charge in [-0.3, -0.25) is 43.2 Å². The van der Waals surface area contributed by atoms with E-state index in [9.17, 15) is 43.2 Å². The molecule has 0 aromatic carbocycles. The fraction of sp³-hybridized carbons (Fsp3) is 0.735. The van der Waals surface area contributed by atoms with Gasteiger partial charge in [-0.2, -0.15) is 0 Å². The van der Waals surface area contributed by atoms with Crippen molar-refractivity contribution in [1.82, 2.24) is 36.4 Å². The lowest BCUT2D eigenvalue weighted by atomic mass is 9.96. The van der Waals surface area contributed by atoms with Crippen LogP contribution in [0.25, 0.3) is 0 Å². The number of nitrogens with one attached hydrogen (secondary N) is 5. The van der Waals surface area contributed by atoms with Crippen molar-refractivity contribution in [2.45, 2.75) is 122 Å². The van der Waals surface area contributed by atoms with Crippen LogP contribution in [-0.2, 0) is 43.2 Å². The number of likely N-dealkylation sites (tertiary alicyclic amines) is 2. The van der Waals surface area contributed by atoms with Gasteiger partial charge in [0.1, 0.15) is 36.8 Å². The van der Waals surface area contributed by atoms with Crippen molar-refractivity contribution in [3.8, 4) is 0 Å². The summed E-state index contributed by atoms with van der Waals surface area (Å²) < 4.78 is 0. The maximum Gasteiger partial charge on any atom is 0.322 e. The van der Waals surface area contributed by atoms with Crippen molar-refractivity contribution in [2.75, 3.05) is 26.2 Å². The first-order chi connectivity index (χ1) is 24.9. The Morgan fingerprint density at radius 2 is 1.34 bits per heavy atom. The van der Waals surface area contributed by atoms with E-state index in [2.05, 4.69) is 26.6 Å². The summed E-state index contributed by atoms with van der Waals surface area (Å²) in [6, 6.07) is -6.02. The third-order valence-electron chi connectivity index (χ3n) is 9.42. The number of nitrogens with two attached hydrogens (primary N) is 2. The molecule has 19 heteroatoms. The van der Waals surface area contributed by atoms with Crippen LogP contribution >= 0.6 is 0 Å². The molecule has 0 aromatic heterocycles. The molecule has 2 aliphatic heterocycles. The number of carboxylic acids is 1. The first kappa shape index (κ1) is 44.4. The van der Waals surface area contributed by atoms with E-state index in [4.69, 9.17) is 16.6 Å². The van der Waals surface area contributed by atoms with Crippen LogP contribution in [0.4, 0.5) is 0 Å². The second kappa shape index (κ2) is 21.0. The highest BCUT2D eigenvalue weighted by Crippen LogP contribution is 2.23. The van der Waals surface area contributed by atoms with Crippen LogP contribution in [0.5, 0.6) is 0 Å². The molecule has 2 heterocycles. The molecular weight excluding hydrogens is 694 g/mol. The van der Waals surface area contributed by atoms with Crippen LogP contribution in [0.1, 0.15) is 86.0 Å². The first-order valence-electron chi connectivity index (χ1n) is 18.2. The fourth-order valence-electron chi connectivity index (χ4n) is 6.28. The van der Waals surface area contributed by atoms with Gasteiger partial charge in [0, 0.05) is 19.5 Å². The van der Waals surface area contributed by atoms with Crippen LogP contribution < -0.4 is 38.1 Å². The predicted octanol–water partition coefficient (Wildman–Crippen LogP) is -2.56. The van der Waals surface area contributed by atoms with Gasteiger partial charge in [0.05, 0.1) is 12.6 Å². The molecule has 19 nitrogen and oxygen atoms in total. The van der Waals surface area contributed by atoms with Crippen molar-refractivity contribution in [2.24, 2.45) is 23.3 Å². The third kappa shape index (κ3) is 13.6. The number of carbonyl (C=O) groups is 9. The predicted molar refractivity (Wildman–Crippen MR) is 190 cm³/mol. The molecule has 298 valence electrons. The van der Waals surface area contributed by atoms with Gasteiger partial charge < -0.3 is 53.0 Å². The number of carbonyl (C=O) groups excluding carboxylic acids is 8. The van der Waals surface area contributed by atoms with E-state index >= 15 is 0 Å². The van der Waals surface area contributed by atoms with E-state index in [1.807, 2.05) is 20.8 Å². The van der Waals surface area contributed by atoms with E-state index in [-0.39, 0.29) is 44.2 Å². The molecular formula is C34H57N9O10. The molecule has 2 saturated heterocycles. The zero-order valence-electron chi connectivity index (χ0n) is 31.3. The lowest BCUT2D eigenvalue weighted by molar-refractivity contribution is -0.143. The van der Waals surface area contributed by atoms with Crippen molar-refractivity contribution in [1.29, 1.82) is 0 Å². The van der Waals surface area contributed by atoms with Gasteiger partial charge in [0.25, 0.3) is 0 Å². The summed E-state index contributed by atoms with van der Waals surface area (Å²) in [7, 11) is 0. The zero-order chi connectivity index (χ0) is 40.0. The minimum Gasteiger partial charge on any atom is -0.480 e. The van der Waals surface area contributed by atoms with Crippen LogP contribution in [0.2, 0.25) is 0 Å². The van der Waals surface area contributed by atoms with Gasteiger partial charge in [-0.05, 0) is 57.3 Å². The molecule has 7 unspecified atom stereocenters. The van der Waals surface area contributed by atoms with Crippen LogP contribution in [0.15, 0.2) is 0 Å². The normalized spacial score (nSPS) is 19.7. The molecule has 0 spiro atoms. The van der Waals surface area contributed by atoms with Gasteiger partial charge in [0.15, 0.2) is 0 Å². The van der Waals surface area contributed by atoms with Gasteiger partial charge in [-0.15, -0.1) is 0 Å². The van der Waals surface area contributed by atoms with Crippen molar-refractivity contribution in [3.05, 3.63) is 0 Å². The highest BCUT2D eigenvalue weighted by atomic mass is 16.4. The Morgan fingerprint density at radius 3 is 1.87 bits per heavy atom. The van der Waals surface area contributed by atoms with E-state index in [0.717, 1.165) is 0 Å². The maximum absolute atomic E-state index is 14.0. The number of amides is 8. The summed E-state index contributed by atoms with van der Waals surface area (Å²) in [5, 5.41) is 21.3. The summed E-state index contributed by atoms with van der Waals surface area (Å²) in [6.45, 7) is 8.16. The molecule has 0 aliphatic carbocycles. The lowest BCUT2D eigenvalue weighted by Crippen LogP contribution is -2.60. The smallest absolute Gasteiger partial charge is 0.322 e. The monoisotopic (exact) mass is 751 g/mol. The molecule has 53 heavy (non-hydrogen) atoms. The van der Waals surface area contributed by atoms with E-state index in [0.29, 0.717) is 32.1 Å². The molecule has 0 radical (unpaired) electrons.